The van der Waals surface area contributed by atoms with E-state index in [1.54, 1.807) is 18.2 Å². The predicted octanol–water partition coefficient (Wildman–Crippen LogP) is 4.48. The molecule has 0 aliphatic heterocycles. The Kier molecular flexibility index (Phi) is 5.71. The van der Waals surface area contributed by atoms with E-state index in [-0.39, 0.29) is 33.4 Å². The van der Waals surface area contributed by atoms with Crippen molar-refractivity contribution in [1.29, 1.82) is 0 Å². The Labute approximate surface area is 145 Å². The van der Waals surface area contributed by atoms with Crippen molar-refractivity contribution < 1.29 is 19.4 Å². The second kappa shape index (κ2) is 7.37. The van der Waals surface area contributed by atoms with Crippen LogP contribution in [-0.4, -0.2) is 23.5 Å². The summed E-state index contributed by atoms with van der Waals surface area (Å²) in [6, 6.07) is 3.31. The van der Waals surface area contributed by atoms with Gasteiger partial charge in [0.15, 0.2) is 12.4 Å². The molecule has 2 atom stereocenters. The van der Waals surface area contributed by atoms with Crippen LogP contribution in [0.25, 0.3) is 5.57 Å². The molecule has 4 nitrogen and oxygen atoms in total. The van der Waals surface area contributed by atoms with Gasteiger partial charge in [-0.2, -0.15) is 0 Å². The van der Waals surface area contributed by atoms with E-state index in [0.29, 0.717) is 5.56 Å². The molecule has 0 bridgehead atoms. The molecule has 1 aromatic rings. The summed E-state index contributed by atoms with van der Waals surface area (Å²) in [6.07, 6.45) is 3.33. The van der Waals surface area contributed by atoms with Crippen LogP contribution < -0.4 is 4.74 Å². The molecule has 0 amide bonds. The highest BCUT2D eigenvalue weighted by molar-refractivity contribution is 6.44. The first-order chi connectivity index (χ1) is 10.8. The zero-order valence-corrected chi connectivity index (χ0v) is 14.4. The lowest BCUT2D eigenvalue weighted by Crippen LogP contribution is -2.21. The lowest BCUT2D eigenvalue weighted by Gasteiger charge is -2.27. The molecule has 0 heterocycles. The van der Waals surface area contributed by atoms with E-state index in [1.165, 1.54) is 0 Å². The molecular formula is C17H18Cl2O4. The van der Waals surface area contributed by atoms with Gasteiger partial charge in [0.2, 0.25) is 0 Å². The fourth-order valence-corrected chi connectivity index (χ4v) is 3.26. The summed E-state index contributed by atoms with van der Waals surface area (Å²) >= 11 is 12.5. The van der Waals surface area contributed by atoms with Crippen LogP contribution in [0.2, 0.25) is 10.0 Å². The standard InChI is InChI=1S/C17H18Cl2O4/c1-3-10-6-9(2)13(20)7-12(10)11-4-5-14(17(19)16(11)18)23-8-15(21)22/h4-5,7,9-10H,3,6,8H2,1-2H3,(H,21,22). The number of benzene rings is 1. The average molecular weight is 357 g/mol. The zero-order chi connectivity index (χ0) is 17.1. The van der Waals surface area contributed by atoms with Gasteiger partial charge in [-0.1, -0.05) is 37.0 Å². The minimum absolute atomic E-state index is 0.0103. The van der Waals surface area contributed by atoms with E-state index in [2.05, 4.69) is 6.92 Å². The summed E-state index contributed by atoms with van der Waals surface area (Å²) in [7, 11) is 0. The highest BCUT2D eigenvalue weighted by atomic mass is 35.5. The SMILES string of the molecule is CCC1CC(C)C(=O)C=C1c1ccc(OCC(=O)O)c(Cl)c1Cl. The number of ether oxygens (including phenoxy) is 1. The molecule has 0 spiro atoms. The van der Waals surface area contributed by atoms with Gasteiger partial charge in [0.1, 0.15) is 10.8 Å². The molecule has 6 heteroatoms. The van der Waals surface area contributed by atoms with Crippen LogP contribution in [0.5, 0.6) is 5.75 Å². The molecule has 0 aromatic heterocycles. The number of hydrogen-bond donors (Lipinski definition) is 1. The van der Waals surface area contributed by atoms with Crippen molar-refractivity contribution >= 4 is 40.5 Å². The molecule has 1 aromatic carbocycles. The molecule has 1 aliphatic carbocycles. The van der Waals surface area contributed by atoms with Gasteiger partial charge in [0.25, 0.3) is 0 Å². The van der Waals surface area contributed by atoms with Gasteiger partial charge in [-0.15, -0.1) is 0 Å². The van der Waals surface area contributed by atoms with E-state index in [9.17, 15) is 9.59 Å². The number of carboxylic acids is 1. The Morgan fingerprint density at radius 2 is 2.04 bits per heavy atom. The summed E-state index contributed by atoms with van der Waals surface area (Å²) in [5.41, 5.74) is 1.58. The van der Waals surface area contributed by atoms with Crippen LogP contribution in [-0.2, 0) is 9.59 Å². The van der Waals surface area contributed by atoms with E-state index in [0.717, 1.165) is 18.4 Å². The minimum atomic E-state index is -1.10. The van der Waals surface area contributed by atoms with Crippen molar-refractivity contribution in [3.05, 3.63) is 33.8 Å². The maximum absolute atomic E-state index is 12.0. The molecule has 23 heavy (non-hydrogen) atoms. The number of allylic oxidation sites excluding steroid dienone is 2. The van der Waals surface area contributed by atoms with Crippen molar-refractivity contribution in [2.75, 3.05) is 6.61 Å². The van der Waals surface area contributed by atoms with Crippen LogP contribution in [0.1, 0.15) is 32.3 Å². The molecular weight excluding hydrogens is 339 g/mol. The molecule has 124 valence electrons. The summed E-state index contributed by atoms with van der Waals surface area (Å²) in [4.78, 5) is 22.6. The second-order valence-electron chi connectivity index (χ2n) is 5.67. The largest absolute Gasteiger partial charge is 0.480 e. The molecule has 0 saturated heterocycles. The van der Waals surface area contributed by atoms with E-state index >= 15 is 0 Å². The quantitative estimate of drug-likeness (QED) is 0.844. The topological polar surface area (TPSA) is 63.6 Å². The fraction of sp³-hybridized carbons (Fsp3) is 0.412. The van der Waals surface area contributed by atoms with Gasteiger partial charge < -0.3 is 9.84 Å². The highest BCUT2D eigenvalue weighted by Crippen LogP contribution is 2.43. The number of halogens is 2. The van der Waals surface area contributed by atoms with Crippen LogP contribution in [0.15, 0.2) is 18.2 Å². The van der Waals surface area contributed by atoms with E-state index in [1.807, 2.05) is 6.92 Å². The van der Waals surface area contributed by atoms with Crippen molar-refractivity contribution in [3.63, 3.8) is 0 Å². The third-order valence-electron chi connectivity index (χ3n) is 4.06. The number of carbonyl (C=O) groups is 2. The first kappa shape index (κ1) is 17.8. The predicted molar refractivity (Wildman–Crippen MR) is 90.1 cm³/mol. The number of rotatable bonds is 5. The molecule has 0 radical (unpaired) electrons. The molecule has 1 aliphatic rings. The Balaban J connectivity index is 2.40. The maximum atomic E-state index is 12.0. The Morgan fingerprint density at radius 1 is 1.35 bits per heavy atom. The number of ketones is 1. The van der Waals surface area contributed by atoms with Crippen LogP contribution in [0, 0.1) is 11.8 Å². The molecule has 1 N–H and O–H groups in total. The number of hydrogen-bond acceptors (Lipinski definition) is 3. The smallest absolute Gasteiger partial charge is 0.341 e. The van der Waals surface area contributed by atoms with Crippen LogP contribution in [0.3, 0.4) is 0 Å². The normalized spacial score (nSPS) is 21.0. The maximum Gasteiger partial charge on any atom is 0.341 e. The van der Waals surface area contributed by atoms with Crippen molar-refractivity contribution in [2.24, 2.45) is 11.8 Å². The molecule has 0 saturated carbocycles. The van der Waals surface area contributed by atoms with Gasteiger partial charge in [-0.25, -0.2) is 4.79 Å². The molecule has 0 fully saturated rings. The Morgan fingerprint density at radius 3 is 2.65 bits per heavy atom. The third kappa shape index (κ3) is 3.88. The van der Waals surface area contributed by atoms with E-state index < -0.39 is 12.6 Å². The third-order valence-corrected chi connectivity index (χ3v) is 4.93. The van der Waals surface area contributed by atoms with Gasteiger partial charge in [-0.3, -0.25) is 4.79 Å². The van der Waals surface area contributed by atoms with Gasteiger partial charge in [0, 0.05) is 5.92 Å². The highest BCUT2D eigenvalue weighted by Gasteiger charge is 2.28. The summed E-state index contributed by atoms with van der Waals surface area (Å²) < 4.78 is 5.11. The first-order valence-corrected chi connectivity index (χ1v) is 8.19. The molecule has 2 rings (SSSR count). The van der Waals surface area contributed by atoms with Crippen molar-refractivity contribution in [3.8, 4) is 5.75 Å². The summed E-state index contributed by atoms with van der Waals surface area (Å²) in [5, 5.41) is 9.11. The summed E-state index contributed by atoms with van der Waals surface area (Å²) in [5.74, 6) is -0.546. The second-order valence-corrected chi connectivity index (χ2v) is 6.42. The number of aliphatic carboxylic acids is 1. The molecule has 2 unspecified atom stereocenters. The summed E-state index contributed by atoms with van der Waals surface area (Å²) in [6.45, 7) is 3.50. The van der Waals surface area contributed by atoms with Crippen molar-refractivity contribution in [1.82, 2.24) is 0 Å². The van der Waals surface area contributed by atoms with E-state index in [4.69, 9.17) is 33.0 Å². The van der Waals surface area contributed by atoms with Gasteiger partial charge in [0.05, 0.1) is 5.02 Å². The first-order valence-electron chi connectivity index (χ1n) is 7.43. The van der Waals surface area contributed by atoms with Gasteiger partial charge in [-0.05, 0) is 48.1 Å². The Hall–Kier alpha value is -1.52. The lowest BCUT2D eigenvalue weighted by atomic mass is 9.77. The number of carbonyl (C=O) groups excluding carboxylic acids is 1. The van der Waals surface area contributed by atoms with Crippen LogP contribution >= 0.6 is 23.2 Å². The minimum Gasteiger partial charge on any atom is -0.480 e. The Bertz CT molecular complexity index is 667. The van der Waals surface area contributed by atoms with Crippen molar-refractivity contribution in [2.45, 2.75) is 26.7 Å². The lowest BCUT2D eigenvalue weighted by molar-refractivity contribution is -0.139. The average Bonchev–Trinajstić information content (AvgIpc) is 2.51. The monoisotopic (exact) mass is 356 g/mol. The van der Waals surface area contributed by atoms with Crippen LogP contribution in [0.4, 0.5) is 0 Å². The number of carboxylic acid groups (broad SMARTS) is 1. The zero-order valence-electron chi connectivity index (χ0n) is 12.9. The fourth-order valence-electron chi connectivity index (χ4n) is 2.77. The van der Waals surface area contributed by atoms with Gasteiger partial charge >= 0.3 is 5.97 Å².